The average molecular weight is 581 g/mol. The van der Waals surface area contributed by atoms with Crippen molar-refractivity contribution in [2.24, 2.45) is 11.1 Å². The monoisotopic (exact) mass is 580 g/mol. The van der Waals surface area contributed by atoms with Crippen LogP contribution in [0.1, 0.15) is 44.1 Å². The van der Waals surface area contributed by atoms with Crippen LogP contribution in [0.5, 0.6) is 0 Å². The van der Waals surface area contributed by atoms with Crippen molar-refractivity contribution in [1.82, 2.24) is 10.2 Å². The van der Waals surface area contributed by atoms with Crippen molar-refractivity contribution in [3.63, 3.8) is 0 Å². The molecule has 39 heavy (non-hydrogen) atoms. The molecule has 1 aliphatic carbocycles. The average Bonchev–Trinajstić information content (AvgIpc) is 3.51. The van der Waals surface area contributed by atoms with E-state index in [2.05, 4.69) is 21.6 Å². The molecule has 200 valence electrons. The van der Waals surface area contributed by atoms with Gasteiger partial charge in [0.15, 0.2) is 10.1 Å². The van der Waals surface area contributed by atoms with E-state index in [9.17, 15) is 14.9 Å². The first-order valence-corrected chi connectivity index (χ1v) is 14.3. The zero-order chi connectivity index (χ0) is 27.9. The Balaban J connectivity index is 1.45. The molecule has 0 saturated heterocycles. The van der Waals surface area contributed by atoms with E-state index < -0.39 is 5.92 Å². The topological polar surface area (TPSA) is 138 Å². The SMILES string of the molecule is Cc1ccc(C2C(C#N)=C(N)N(c3nnc(SCC(=O)Nc4ccc(Cl)cc4)s3)C3=C2C(=O)CC(C)(C)C3)o1. The summed E-state index contributed by atoms with van der Waals surface area (Å²) < 4.78 is 6.43. The van der Waals surface area contributed by atoms with Crippen molar-refractivity contribution >= 4 is 57.2 Å². The van der Waals surface area contributed by atoms with E-state index in [1.54, 1.807) is 35.2 Å². The highest BCUT2D eigenvalue weighted by molar-refractivity contribution is 8.01. The van der Waals surface area contributed by atoms with Gasteiger partial charge in [-0.3, -0.25) is 14.5 Å². The van der Waals surface area contributed by atoms with E-state index >= 15 is 0 Å². The number of amides is 1. The molecular weight excluding hydrogens is 556 g/mol. The summed E-state index contributed by atoms with van der Waals surface area (Å²) in [6.45, 7) is 5.87. The molecule has 2 aromatic heterocycles. The molecule has 5 rings (SSSR count). The van der Waals surface area contributed by atoms with Gasteiger partial charge in [0.1, 0.15) is 17.3 Å². The predicted octanol–water partition coefficient (Wildman–Crippen LogP) is 5.76. The van der Waals surface area contributed by atoms with Crippen LogP contribution in [0.4, 0.5) is 10.8 Å². The maximum absolute atomic E-state index is 13.5. The molecule has 0 saturated carbocycles. The second kappa shape index (κ2) is 10.5. The molecule has 1 aromatic carbocycles. The quantitative estimate of drug-likeness (QED) is 0.348. The molecule has 1 unspecified atom stereocenters. The zero-order valence-electron chi connectivity index (χ0n) is 21.4. The minimum Gasteiger partial charge on any atom is -0.465 e. The Morgan fingerprint density at radius 1 is 1.28 bits per heavy atom. The number of Topliss-reactive ketones (excluding diaryl/α,β-unsaturated/α-hetero) is 1. The highest BCUT2D eigenvalue weighted by Crippen LogP contribution is 2.51. The molecule has 0 spiro atoms. The Hall–Kier alpha value is -3.59. The first-order valence-electron chi connectivity index (χ1n) is 12.1. The second-order valence-corrected chi connectivity index (χ2v) is 12.7. The van der Waals surface area contributed by atoms with Crippen molar-refractivity contribution < 1.29 is 14.0 Å². The minimum absolute atomic E-state index is 0.0523. The molecule has 3 aromatic rings. The van der Waals surface area contributed by atoms with Crippen molar-refractivity contribution in [2.75, 3.05) is 16.0 Å². The largest absolute Gasteiger partial charge is 0.465 e. The lowest BCUT2D eigenvalue weighted by molar-refractivity contribution is -0.118. The number of hydrogen-bond acceptors (Lipinski definition) is 10. The fourth-order valence-electron chi connectivity index (χ4n) is 4.83. The number of nitrogens with one attached hydrogen (secondary N) is 1. The first kappa shape index (κ1) is 27.0. The molecule has 3 heterocycles. The Morgan fingerprint density at radius 2 is 2.03 bits per heavy atom. The third-order valence-corrected chi connectivity index (χ3v) is 8.76. The first-order chi connectivity index (χ1) is 18.6. The number of nitriles is 1. The van der Waals surface area contributed by atoms with Crippen LogP contribution in [-0.4, -0.2) is 27.6 Å². The van der Waals surface area contributed by atoms with E-state index in [1.807, 2.05) is 26.8 Å². The van der Waals surface area contributed by atoms with Crippen LogP contribution in [0.2, 0.25) is 5.02 Å². The van der Waals surface area contributed by atoms with Gasteiger partial charge in [0.25, 0.3) is 0 Å². The summed E-state index contributed by atoms with van der Waals surface area (Å²) in [6, 6.07) is 12.7. The number of furan rings is 1. The number of nitrogens with zero attached hydrogens (tertiary/aromatic N) is 4. The van der Waals surface area contributed by atoms with Crippen LogP contribution in [0, 0.1) is 23.7 Å². The van der Waals surface area contributed by atoms with Gasteiger partial charge in [-0.2, -0.15) is 5.26 Å². The number of rotatable bonds is 6. The van der Waals surface area contributed by atoms with Crippen LogP contribution in [0.25, 0.3) is 0 Å². The molecule has 0 fully saturated rings. The van der Waals surface area contributed by atoms with Gasteiger partial charge >= 0.3 is 0 Å². The summed E-state index contributed by atoms with van der Waals surface area (Å²) in [5.74, 6) is 0.553. The number of thioether (sulfide) groups is 1. The number of anilines is 2. The Kier molecular flexibility index (Phi) is 7.29. The summed E-state index contributed by atoms with van der Waals surface area (Å²) in [5, 5.41) is 22.6. The third kappa shape index (κ3) is 5.45. The van der Waals surface area contributed by atoms with Gasteiger partial charge in [-0.15, -0.1) is 10.2 Å². The van der Waals surface area contributed by atoms with Crippen molar-refractivity contribution in [3.8, 4) is 6.07 Å². The zero-order valence-corrected chi connectivity index (χ0v) is 23.8. The van der Waals surface area contributed by atoms with E-state index in [-0.39, 0.29) is 34.3 Å². The Morgan fingerprint density at radius 3 is 2.69 bits per heavy atom. The number of carbonyl (C=O) groups is 2. The van der Waals surface area contributed by atoms with Crippen LogP contribution in [0.3, 0.4) is 0 Å². The highest BCUT2D eigenvalue weighted by atomic mass is 35.5. The Labute approximate surface area is 238 Å². The lowest BCUT2D eigenvalue weighted by Crippen LogP contribution is -2.42. The molecule has 12 heteroatoms. The normalized spacial score (nSPS) is 18.7. The van der Waals surface area contributed by atoms with Gasteiger partial charge in [0.2, 0.25) is 11.0 Å². The van der Waals surface area contributed by atoms with Gasteiger partial charge in [0.05, 0.1) is 23.3 Å². The molecule has 3 N–H and O–H groups in total. The lowest BCUT2D eigenvalue weighted by atomic mass is 9.69. The Bertz CT molecular complexity index is 1560. The standard InChI is InChI=1S/C27H25ClN6O3S2/c1-14-4-9-20(37-14)22-17(12-29)24(30)34(18-10-27(2,3)11-19(35)23(18)22)25-32-33-26(39-25)38-13-21(36)31-16-7-5-15(28)6-8-16/h4-9,22H,10-11,13,30H2,1-3H3,(H,31,36). The van der Waals surface area contributed by atoms with Crippen LogP contribution in [0.15, 0.2) is 67.8 Å². The van der Waals surface area contributed by atoms with Crippen molar-refractivity contribution in [2.45, 2.75) is 43.9 Å². The summed E-state index contributed by atoms with van der Waals surface area (Å²) >= 11 is 8.37. The molecule has 1 amide bonds. The number of nitrogens with two attached hydrogens (primary N) is 1. The molecular formula is C27H25ClN6O3S2. The number of aromatic nitrogens is 2. The van der Waals surface area contributed by atoms with E-state index in [1.165, 1.54) is 23.1 Å². The van der Waals surface area contributed by atoms with E-state index in [0.717, 1.165) is 0 Å². The predicted molar refractivity (Wildman–Crippen MR) is 151 cm³/mol. The van der Waals surface area contributed by atoms with E-state index in [0.29, 0.717) is 55.8 Å². The maximum Gasteiger partial charge on any atom is 0.234 e. The highest BCUT2D eigenvalue weighted by Gasteiger charge is 2.46. The molecule has 2 aliphatic rings. The number of ketones is 1. The minimum atomic E-state index is -0.683. The summed E-state index contributed by atoms with van der Waals surface area (Å²) in [6.07, 6.45) is 0.893. The molecule has 9 nitrogen and oxygen atoms in total. The van der Waals surface area contributed by atoms with Gasteiger partial charge in [-0.25, -0.2) is 0 Å². The third-order valence-electron chi connectivity index (χ3n) is 6.47. The fourth-order valence-corrected chi connectivity index (χ4v) is 6.64. The van der Waals surface area contributed by atoms with Gasteiger partial charge in [-0.1, -0.05) is 48.5 Å². The van der Waals surface area contributed by atoms with Crippen LogP contribution in [-0.2, 0) is 9.59 Å². The summed E-state index contributed by atoms with van der Waals surface area (Å²) in [4.78, 5) is 27.7. The number of hydrogen-bond donors (Lipinski definition) is 2. The van der Waals surface area contributed by atoms with Crippen molar-refractivity contribution in [3.05, 3.63) is 75.6 Å². The number of allylic oxidation sites excluding steroid dienone is 3. The molecule has 1 atom stereocenters. The number of aryl methyl sites for hydroxylation is 1. The molecule has 1 aliphatic heterocycles. The van der Waals surface area contributed by atoms with Crippen molar-refractivity contribution in [1.29, 1.82) is 5.26 Å². The number of carbonyl (C=O) groups excluding carboxylic acids is 2. The van der Waals surface area contributed by atoms with Gasteiger partial charge in [-0.05, 0) is 55.2 Å². The lowest BCUT2D eigenvalue weighted by Gasteiger charge is -2.42. The van der Waals surface area contributed by atoms with Gasteiger partial charge < -0.3 is 15.5 Å². The molecule has 0 bridgehead atoms. The summed E-state index contributed by atoms with van der Waals surface area (Å²) in [7, 11) is 0. The van der Waals surface area contributed by atoms with Crippen LogP contribution < -0.4 is 16.0 Å². The molecule has 0 radical (unpaired) electrons. The second-order valence-electron chi connectivity index (χ2n) is 10.1. The summed E-state index contributed by atoms with van der Waals surface area (Å²) in [5.41, 5.74) is 8.37. The van der Waals surface area contributed by atoms with Crippen LogP contribution >= 0.6 is 34.7 Å². The fraction of sp³-hybridized carbons (Fsp3) is 0.296. The maximum atomic E-state index is 13.5. The van der Waals surface area contributed by atoms with Gasteiger partial charge in [0, 0.05) is 28.4 Å². The van der Waals surface area contributed by atoms with E-state index in [4.69, 9.17) is 21.8 Å². The number of halogens is 1. The smallest absolute Gasteiger partial charge is 0.234 e. The number of benzene rings is 1.